The standard InChI is InChI=1S/C18H17NO3/c1-19(2)18(21)13-11-16-9-8-15(22-16)10-12-17(20)14-6-4-3-5-7-14/h3-13H,1-2H3/b12-10+,13-11+. The summed E-state index contributed by atoms with van der Waals surface area (Å²) in [4.78, 5) is 24.8. The number of likely N-dealkylation sites (N-methyl/N-ethyl adjacent to an activating group) is 1. The molecule has 0 unspecified atom stereocenters. The average molecular weight is 295 g/mol. The summed E-state index contributed by atoms with van der Waals surface area (Å²) in [7, 11) is 3.36. The zero-order chi connectivity index (χ0) is 15.9. The Kier molecular flexibility index (Phi) is 5.09. The fourth-order valence-corrected chi connectivity index (χ4v) is 1.71. The fourth-order valence-electron chi connectivity index (χ4n) is 1.71. The second kappa shape index (κ2) is 7.22. The first-order valence-corrected chi connectivity index (χ1v) is 6.83. The first kappa shape index (κ1) is 15.5. The normalized spacial score (nSPS) is 11.2. The van der Waals surface area contributed by atoms with Gasteiger partial charge in [-0.15, -0.1) is 0 Å². The lowest BCUT2D eigenvalue weighted by atomic mass is 10.1. The van der Waals surface area contributed by atoms with Crippen LogP contribution in [-0.4, -0.2) is 30.7 Å². The van der Waals surface area contributed by atoms with Crippen LogP contribution >= 0.6 is 0 Å². The van der Waals surface area contributed by atoms with Crippen LogP contribution in [0.25, 0.3) is 12.2 Å². The summed E-state index contributed by atoms with van der Waals surface area (Å²) in [5.41, 5.74) is 0.627. The largest absolute Gasteiger partial charge is 0.457 e. The van der Waals surface area contributed by atoms with Crippen molar-refractivity contribution in [3.05, 3.63) is 71.7 Å². The highest BCUT2D eigenvalue weighted by Crippen LogP contribution is 2.12. The Labute approximate surface area is 129 Å². The van der Waals surface area contributed by atoms with Crippen LogP contribution in [0.3, 0.4) is 0 Å². The van der Waals surface area contributed by atoms with E-state index in [0.717, 1.165) is 0 Å². The zero-order valence-electron chi connectivity index (χ0n) is 12.5. The highest BCUT2D eigenvalue weighted by Gasteiger charge is 2.02. The lowest BCUT2D eigenvalue weighted by molar-refractivity contribution is -0.123. The van der Waals surface area contributed by atoms with Gasteiger partial charge >= 0.3 is 0 Å². The smallest absolute Gasteiger partial charge is 0.246 e. The van der Waals surface area contributed by atoms with Crippen LogP contribution in [0.15, 0.2) is 59.0 Å². The van der Waals surface area contributed by atoms with Crippen LogP contribution in [-0.2, 0) is 4.79 Å². The second-order valence-electron chi connectivity index (χ2n) is 4.87. The first-order valence-electron chi connectivity index (χ1n) is 6.83. The van der Waals surface area contributed by atoms with E-state index in [2.05, 4.69) is 0 Å². The number of hydrogen-bond donors (Lipinski definition) is 0. The summed E-state index contributed by atoms with van der Waals surface area (Å²) in [5, 5.41) is 0. The minimum Gasteiger partial charge on any atom is -0.457 e. The van der Waals surface area contributed by atoms with E-state index < -0.39 is 0 Å². The molecule has 0 aliphatic carbocycles. The van der Waals surface area contributed by atoms with Crippen LogP contribution in [0, 0.1) is 0 Å². The van der Waals surface area contributed by atoms with E-state index >= 15 is 0 Å². The van der Waals surface area contributed by atoms with Crippen molar-refractivity contribution in [1.29, 1.82) is 0 Å². The molecule has 1 aromatic heterocycles. The highest BCUT2D eigenvalue weighted by atomic mass is 16.3. The molecule has 4 nitrogen and oxygen atoms in total. The molecule has 0 fully saturated rings. The van der Waals surface area contributed by atoms with Gasteiger partial charge in [0.1, 0.15) is 11.5 Å². The predicted octanol–water partition coefficient (Wildman–Crippen LogP) is 3.28. The molecule has 0 atom stereocenters. The van der Waals surface area contributed by atoms with Gasteiger partial charge in [-0.3, -0.25) is 9.59 Å². The van der Waals surface area contributed by atoms with E-state index in [0.29, 0.717) is 17.1 Å². The number of benzene rings is 1. The van der Waals surface area contributed by atoms with Crippen molar-refractivity contribution >= 4 is 23.8 Å². The minimum atomic E-state index is -0.118. The molecule has 1 heterocycles. The third-order valence-electron chi connectivity index (χ3n) is 2.94. The predicted molar refractivity (Wildman–Crippen MR) is 86.2 cm³/mol. The maximum atomic E-state index is 11.9. The van der Waals surface area contributed by atoms with Gasteiger partial charge < -0.3 is 9.32 Å². The summed E-state index contributed by atoms with van der Waals surface area (Å²) in [6, 6.07) is 12.5. The Balaban J connectivity index is 2.02. The Morgan fingerprint density at radius 2 is 1.50 bits per heavy atom. The van der Waals surface area contributed by atoms with E-state index in [1.165, 1.54) is 17.1 Å². The molecule has 1 amide bonds. The number of nitrogens with zero attached hydrogens (tertiary/aromatic N) is 1. The van der Waals surface area contributed by atoms with Gasteiger partial charge in [0.05, 0.1) is 0 Å². The number of furan rings is 1. The monoisotopic (exact) mass is 295 g/mol. The van der Waals surface area contributed by atoms with E-state index in [1.54, 1.807) is 50.5 Å². The summed E-state index contributed by atoms with van der Waals surface area (Å²) in [5.74, 6) is 0.910. The summed E-state index contributed by atoms with van der Waals surface area (Å²) in [6.45, 7) is 0. The van der Waals surface area contributed by atoms with Crippen molar-refractivity contribution in [2.75, 3.05) is 14.1 Å². The average Bonchev–Trinajstić information content (AvgIpc) is 2.99. The molecule has 0 bridgehead atoms. The van der Waals surface area contributed by atoms with Gasteiger partial charge in [-0.25, -0.2) is 0 Å². The number of carbonyl (C=O) groups is 2. The zero-order valence-corrected chi connectivity index (χ0v) is 12.5. The van der Waals surface area contributed by atoms with E-state index in [4.69, 9.17) is 4.42 Å². The second-order valence-corrected chi connectivity index (χ2v) is 4.87. The number of carbonyl (C=O) groups excluding carboxylic acids is 2. The maximum absolute atomic E-state index is 11.9. The molecule has 0 radical (unpaired) electrons. The summed E-state index contributed by atoms with van der Waals surface area (Å²) >= 11 is 0. The Bertz CT molecular complexity index is 709. The summed E-state index contributed by atoms with van der Waals surface area (Å²) in [6.07, 6.45) is 6.10. The molecule has 1 aromatic carbocycles. The molecule has 22 heavy (non-hydrogen) atoms. The Morgan fingerprint density at radius 1 is 0.909 bits per heavy atom. The number of amides is 1. The number of rotatable bonds is 5. The number of allylic oxidation sites excluding steroid dienone is 1. The number of ketones is 1. The quantitative estimate of drug-likeness (QED) is 0.628. The van der Waals surface area contributed by atoms with Crippen LogP contribution < -0.4 is 0 Å². The van der Waals surface area contributed by atoms with Gasteiger partial charge in [-0.2, -0.15) is 0 Å². The van der Waals surface area contributed by atoms with Crippen molar-refractivity contribution in [1.82, 2.24) is 4.90 Å². The SMILES string of the molecule is CN(C)C(=O)/C=C/c1ccc(/C=C/C(=O)c2ccccc2)o1. The van der Waals surface area contributed by atoms with Crippen LogP contribution in [0.4, 0.5) is 0 Å². The van der Waals surface area contributed by atoms with Crippen molar-refractivity contribution in [3.63, 3.8) is 0 Å². The van der Waals surface area contributed by atoms with Gasteiger partial charge in [0, 0.05) is 25.7 Å². The van der Waals surface area contributed by atoms with Crippen molar-refractivity contribution in [2.45, 2.75) is 0 Å². The molecule has 112 valence electrons. The van der Waals surface area contributed by atoms with E-state index in [9.17, 15) is 9.59 Å². The molecule has 2 aromatic rings. The molecule has 0 aliphatic heterocycles. The third-order valence-corrected chi connectivity index (χ3v) is 2.94. The van der Waals surface area contributed by atoms with Crippen LogP contribution in [0.5, 0.6) is 0 Å². The van der Waals surface area contributed by atoms with Gasteiger partial charge in [0.2, 0.25) is 5.91 Å². The van der Waals surface area contributed by atoms with Gasteiger partial charge in [-0.1, -0.05) is 30.3 Å². The van der Waals surface area contributed by atoms with Crippen LogP contribution in [0.2, 0.25) is 0 Å². The highest BCUT2D eigenvalue weighted by molar-refractivity contribution is 6.06. The first-order chi connectivity index (χ1) is 10.6. The minimum absolute atomic E-state index is 0.0862. The fraction of sp³-hybridized carbons (Fsp3) is 0.111. The van der Waals surface area contributed by atoms with Crippen molar-refractivity contribution in [2.24, 2.45) is 0 Å². The molecule has 0 saturated heterocycles. The van der Waals surface area contributed by atoms with Gasteiger partial charge in [-0.05, 0) is 30.4 Å². The molecule has 4 heteroatoms. The van der Waals surface area contributed by atoms with Gasteiger partial charge in [0.25, 0.3) is 0 Å². The van der Waals surface area contributed by atoms with Crippen LogP contribution in [0.1, 0.15) is 21.9 Å². The molecule has 0 N–H and O–H groups in total. The lowest BCUT2D eigenvalue weighted by Gasteiger charge is -2.04. The molecular formula is C18H17NO3. The lowest BCUT2D eigenvalue weighted by Crippen LogP contribution is -2.18. The Hall–Kier alpha value is -2.88. The number of hydrogen-bond acceptors (Lipinski definition) is 3. The topological polar surface area (TPSA) is 50.5 Å². The van der Waals surface area contributed by atoms with E-state index in [1.807, 2.05) is 18.2 Å². The van der Waals surface area contributed by atoms with Crippen molar-refractivity contribution in [3.8, 4) is 0 Å². The molecule has 0 aliphatic rings. The van der Waals surface area contributed by atoms with Gasteiger partial charge in [0.15, 0.2) is 5.78 Å². The molecular weight excluding hydrogens is 278 g/mol. The van der Waals surface area contributed by atoms with E-state index in [-0.39, 0.29) is 11.7 Å². The molecule has 0 saturated carbocycles. The van der Waals surface area contributed by atoms with Crippen molar-refractivity contribution < 1.29 is 14.0 Å². The Morgan fingerprint density at radius 3 is 2.09 bits per heavy atom. The molecule has 2 rings (SSSR count). The maximum Gasteiger partial charge on any atom is 0.246 e. The molecule has 0 spiro atoms. The summed E-state index contributed by atoms with van der Waals surface area (Å²) < 4.78 is 5.50. The third kappa shape index (κ3) is 4.31.